The van der Waals surface area contributed by atoms with Crippen molar-refractivity contribution < 1.29 is 29.6 Å². The van der Waals surface area contributed by atoms with E-state index in [9.17, 15) is 24.9 Å². The third-order valence-electron chi connectivity index (χ3n) is 3.69. The number of rotatable bonds is 2. The van der Waals surface area contributed by atoms with Crippen LogP contribution in [0.25, 0.3) is 0 Å². The van der Waals surface area contributed by atoms with Gasteiger partial charge in [-0.15, -0.1) is 0 Å². The highest BCUT2D eigenvalue weighted by Gasteiger charge is 2.35. The summed E-state index contributed by atoms with van der Waals surface area (Å²) in [6.45, 7) is -0.536. The molecule has 0 bridgehead atoms. The summed E-state index contributed by atoms with van der Waals surface area (Å²) < 4.78 is 5.13. The molecule has 3 rings (SSSR count). The number of methoxy groups -OCH3 is 1. The quantitative estimate of drug-likeness (QED) is 0.660. The minimum absolute atomic E-state index is 0.00698. The lowest BCUT2D eigenvalue weighted by Gasteiger charge is -2.22. The van der Waals surface area contributed by atoms with E-state index in [0.29, 0.717) is 0 Å². The van der Waals surface area contributed by atoms with Gasteiger partial charge in [0.15, 0.2) is 11.6 Å². The van der Waals surface area contributed by atoms with E-state index in [1.165, 1.54) is 25.3 Å². The highest BCUT2D eigenvalue weighted by Crippen LogP contribution is 2.40. The molecule has 0 radical (unpaired) electrons. The summed E-state index contributed by atoms with van der Waals surface area (Å²) in [6, 6.07) is 5.02. The lowest BCUT2D eigenvalue weighted by molar-refractivity contribution is 0.0975. The Bertz CT molecular complexity index is 822. The van der Waals surface area contributed by atoms with Crippen molar-refractivity contribution >= 4 is 11.6 Å². The van der Waals surface area contributed by atoms with Gasteiger partial charge in [-0.05, 0) is 24.3 Å². The minimum atomic E-state index is -0.536. The molecule has 3 N–H and O–H groups in total. The Hall–Kier alpha value is -2.86. The van der Waals surface area contributed by atoms with Crippen LogP contribution < -0.4 is 4.74 Å². The van der Waals surface area contributed by atoms with Crippen molar-refractivity contribution in [1.82, 2.24) is 0 Å². The lowest BCUT2D eigenvalue weighted by atomic mass is 9.82. The molecule has 2 aromatic rings. The highest BCUT2D eigenvalue weighted by molar-refractivity contribution is 6.29. The van der Waals surface area contributed by atoms with Crippen LogP contribution in [0, 0.1) is 0 Å². The molecule has 22 heavy (non-hydrogen) atoms. The Morgan fingerprint density at radius 2 is 1.73 bits per heavy atom. The number of hydrogen-bond acceptors (Lipinski definition) is 6. The van der Waals surface area contributed by atoms with Crippen molar-refractivity contribution in [2.45, 2.75) is 6.61 Å². The van der Waals surface area contributed by atoms with E-state index in [1.807, 2.05) is 0 Å². The van der Waals surface area contributed by atoms with Crippen molar-refractivity contribution in [3.63, 3.8) is 0 Å². The fourth-order valence-electron chi connectivity index (χ4n) is 2.67. The molecule has 2 aromatic carbocycles. The van der Waals surface area contributed by atoms with Crippen LogP contribution >= 0.6 is 0 Å². The maximum Gasteiger partial charge on any atom is 0.198 e. The van der Waals surface area contributed by atoms with E-state index in [2.05, 4.69) is 0 Å². The second-order valence-corrected chi connectivity index (χ2v) is 4.88. The van der Waals surface area contributed by atoms with Crippen molar-refractivity contribution in [2.24, 2.45) is 0 Å². The molecular weight excluding hydrogens is 288 g/mol. The van der Waals surface area contributed by atoms with E-state index in [0.717, 1.165) is 6.07 Å². The van der Waals surface area contributed by atoms with Crippen molar-refractivity contribution in [2.75, 3.05) is 7.11 Å². The molecule has 0 amide bonds. The number of carbonyl (C=O) groups is 2. The summed E-state index contributed by atoms with van der Waals surface area (Å²) in [5.41, 5.74) is 0.241. The van der Waals surface area contributed by atoms with Crippen LogP contribution in [0.2, 0.25) is 0 Å². The zero-order valence-electron chi connectivity index (χ0n) is 11.6. The second-order valence-electron chi connectivity index (χ2n) is 4.88. The van der Waals surface area contributed by atoms with Gasteiger partial charge in [0.25, 0.3) is 0 Å². The number of carbonyl (C=O) groups excluding carboxylic acids is 2. The maximum atomic E-state index is 12.6. The summed E-state index contributed by atoms with van der Waals surface area (Å²) in [7, 11) is 1.29. The zero-order valence-corrected chi connectivity index (χ0v) is 11.6. The van der Waals surface area contributed by atoms with Gasteiger partial charge in [0.05, 0.1) is 24.8 Å². The maximum absolute atomic E-state index is 12.6. The second kappa shape index (κ2) is 4.85. The third-order valence-corrected chi connectivity index (χ3v) is 3.69. The molecule has 0 fully saturated rings. The van der Waals surface area contributed by atoms with Crippen LogP contribution in [0.4, 0.5) is 0 Å². The first kappa shape index (κ1) is 14.1. The molecule has 6 heteroatoms. The molecule has 0 saturated heterocycles. The average Bonchev–Trinajstić information content (AvgIpc) is 2.51. The number of aromatic hydroxyl groups is 2. The Labute approximate surface area is 125 Å². The number of ether oxygens (including phenoxy) is 1. The molecule has 0 aliphatic heterocycles. The number of fused-ring (bicyclic) bond motifs is 2. The molecular formula is C16H12O6. The molecule has 6 nitrogen and oxygen atoms in total. The number of phenolic OH excluding ortho intramolecular Hbond substituents is 1. The largest absolute Gasteiger partial charge is 0.508 e. The van der Waals surface area contributed by atoms with E-state index < -0.39 is 18.2 Å². The van der Waals surface area contributed by atoms with Gasteiger partial charge >= 0.3 is 0 Å². The Balaban J connectivity index is 2.37. The molecule has 0 unspecified atom stereocenters. The van der Waals surface area contributed by atoms with Crippen molar-refractivity contribution in [1.29, 1.82) is 0 Å². The molecule has 112 valence electrons. The fraction of sp³-hybridized carbons (Fsp3) is 0.125. The molecule has 1 aliphatic carbocycles. The first-order chi connectivity index (χ1) is 10.5. The minimum Gasteiger partial charge on any atom is -0.508 e. The van der Waals surface area contributed by atoms with Gasteiger partial charge in [0.1, 0.15) is 17.2 Å². The predicted octanol–water partition coefficient (Wildman–Crippen LogP) is 1.37. The van der Waals surface area contributed by atoms with Gasteiger partial charge in [-0.2, -0.15) is 0 Å². The highest BCUT2D eigenvalue weighted by atomic mass is 16.5. The number of phenols is 2. The molecule has 0 saturated carbocycles. The summed E-state index contributed by atoms with van der Waals surface area (Å²) >= 11 is 0. The Morgan fingerprint density at radius 1 is 1.00 bits per heavy atom. The topological polar surface area (TPSA) is 104 Å². The van der Waals surface area contributed by atoms with Gasteiger partial charge in [0, 0.05) is 16.7 Å². The van der Waals surface area contributed by atoms with Crippen molar-refractivity contribution in [3.8, 4) is 17.2 Å². The summed E-state index contributed by atoms with van der Waals surface area (Å²) in [5, 5.41) is 28.8. The van der Waals surface area contributed by atoms with Crippen LogP contribution in [-0.4, -0.2) is 34.0 Å². The number of hydrogen-bond donors (Lipinski definition) is 3. The summed E-state index contributed by atoms with van der Waals surface area (Å²) in [6.07, 6.45) is 0. The van der Waals surface area contributed by atoms with E-state index >= 15 is 0 Å². The first-order valence-electron chi connectivity index (χ1n) is 6.45. The van der Waals surface area contributed by atoms with Gasteiger partial charge in [-0.1, -0.05) is 0 Å². The zero-order chi connectivity index (χ0) is 16.0. The smallest absolute Gasteiger partial charge is 0.198 e. The average molecular weight is 300 g/mol. The van der Waals surface area contributed by atoms with Gasteiger partial charge < -0.3 is 20.1 Å². The standard InChI is InChI=1S/C16H12O6/c1-22-16-11(6-17)12(19)5-10-13(16)15(21)8-3-2-7(18)4-9(8)14(10)20/h2-5,17-19H,6H2,1H3. The molecule has 0 spiro atoms. The lowest BCUT2D eigenvalue weighted by Crippen LogP contribution is -2.22. The van der Waals surface area contributed by atoms with Crippen LogP contribution in [0.3, 0.4) is 0 Å². The number of aliphatic hydroxyl groups is 1. The monoisotopic (exact) mass is 300 g/mol. The molecule has 0 aromatic heterocycles. The van der Waals surface area contributed by atoms with Crippen LogP contribution in [0.5, 0.6) is 17.2 Å². The Morgan fingerprint density at radius 3 is 2.36 bits per heavy atom. The summed E-state index contributed by atoms with van der Waals surface area (Å²) in [5.74, 6) is -1.45. The number of aliphatic hydroxyl groups excluding tert-OH is 1. The number of ketones is 2. The van der Waals surface area contributed by atoms with Crippen LogP contribution in [0.1, 0.15) is 37.4 Å². The van der Waals surface area contributed by atoms with E-state index in [1.54, 1.807) is 0 Å². The van der Waals surface area contributed by atoms with Gasteiger partial charge in [-0.25, -0.2) is 0 Å². The van der Waals surface area contributed by atoms with E-state index in [4.69, 9.17) is 4.74 Å². The van der Waals surface area contributed by atoms with Gasteiger partial charge in [0.2, 0.25) is 0 Å². The van der Waals surface area contributed by atoms with Crippen LogP contribution in [-0.2, 0) is 6.61 Å². The number of benzene rings is 2. The molecule has 1 aliphatic rings. The normalized spacial score (nSPS) is 12.8. The first-order valence-corrected chi connectivity index (χ1v) is 6.45. The molecule has 0 heterocycles. The van der Waals surface area contributed by atoms with Crippen molar-refractivity contribution in [3.05, 3.63) is 52.1 Å². The Kier molecular flexibility index (Phi) is 3.11. The van der Waals surface area contributed by atoms with E-state index in [-0.39, 0.29) is 45.1 Å². The predicted molar refractivity (Wildman–Crippen MR) is 75.6 cm³/mol. The summed E-state index contributed by atoms with van der Waals surface area (Å²) in [4.78, 5) is 25.2. The fourth-order valence-corrected chi connectivity index (χ4v) is 2.67. The SMILES string of the molecule is COc1c(CO)c(O)cc2c1C(=O)c1ccc(O)cc1C2=O. The molecule has 0 atom stereocenters. The third kappa shape index (κ3) is 1.78. The van der Waals surface area contributed by atoms with Crippen LogP contribution in [0.15, 0.2) is 24.3 Å². The van der Waals surface area contributed by atoms with Gasteiger partial charge in [-0.3, -0.25) is 9.59 Å².